The van der Waals surface area contributed by atoms with Crippen LogP contribution in [0.4, 0.5) is 10.1 Å². The average Bonchev–Trinajstić information content (AvgIpc) is 2.84. The smallest absolute Gasteiger partial charge is 0.255 e. The predicted octanol–water partition coefficient (Wildman–Crippen LogP) is 0.478. The summed E-state index contributed by atoms with van der Waals surface area (Å²) in [4.78, 5) is 42.5. The number of likely N-dealkylation sites (N-methyl/N-ethyl adjacent to an activating group) is 1. The van der Waals surface area contributed by atoms with E-state index in [0.717, 1.165) is 0 Å². The predicted molar refractivity (Wildman–Crippen MR) is 141 cm³/mol. The van der Waals surface area contributed by atoms with Gasteiger partial charge < -0.3 is 36.4 Å². The van der Waals surface area contributed by atoms with Crippen molar-refractivity contribution in [1.29, 1.82) is 0 Å². The topological polar surface area (TPSA) is 177 Å². The van der Waals surface area contributed by atoms with Crippen molar-refractivity contribution < 1.29 is 39.2 Å². The first kappa shape index (κ1) is 28.5. The van der Waals surface area contributed by atoms with Gasteiger partial charge in [0.1, 0.15) is 29.5 Å². The first-order valence-electron chi connectivity index (χ1n) is 12.7. The summed E-state index contributed by atoms with van der Waals surface area (Å²) < 4.78 is 13.0. The number of halogens is 1. The minimum absolute atomic E-state index is 0.00203. The van der Waals surface area contributed by atoms with E-state index in [2.05, 4.69) is 5.32 Å². The molecule has 5 unspecified atom stereocenters. The molecular weight excluding hydrogens is 511 g/mol. The summed E-state index contributed by atoms with van der Waals surface area (Å²) in [6.07, 6.45) is 0.195. The summed E-state index contributed by atoms with van der Waals surface area (Å²) >= 11 is 0. The number of hydrogen-bond donors (Lipinski definition) is 6. The van der Waals surface area contributed by atoms with E-state index in [4.69, 9.17) is 5.73 Å². The van der Waals surface area contributed by atoms with E-state index in [9.17, 15) is 39.2 Å². The van der Waals surface area contributed by atoms with Crippen LogP contribution in [0.3, 0.4) is 0 Å². The van der Waals surface area contributed by atoms with Gasteiger partial charge in [-0.05, 0) is 51.4 Å². The molecule has 0 aromatic heterocycles. The zero-order valence-electron chi connectivity index (χ0n) is 22.6. The van der Waals surface area contributed by atoms with Crippen molar-refractivity contribution in [3.8, 4) is 5.75 Å². The second-order valence-electron chi connectivity index (χ2n) is 11.0. The third-order valence-electron chi connectivity index (χ3n) is 8.13. The molecule has 0 heterocycles. The van der Waals surface area contributed by atoms with E-state index in [-0.39, 0.29) is 36.3 Å². The number of primary amides is 1. The van der Waals surface area contributed by atoms with Gasteiger partial charge in [0.25, 0.3) is 5.91 Å². The number of aromatic hydroxyl groups is 1. The molecular formula is C27H35FN4O7. The SMILES string of the molecule is CC(CF)NCc1cc(N(C)C)c2c(c1O)C(O)=C1C(=O)C3(O)C(O)=C(C(N)=O)C(=O)C(N(C)C)C3CC1C2. The summed E-state index contributed by atoms with van der Waals surface area (Å²) in [6, 6.07) is 0.0971. The highest BCUT2D eigenvalue weighted by atomic mass is 19.1. The average molecular weight is 547 g/mol. The van der Waals surface area contributed by atoms with Crippen LogP contribution in [0.5, 0.6) is 5.75 Å². The van der Waals surface area contributed by atoms with Crippen molar-refractivity contribution in [2.75, 3.05) is 39.8 Å². The van der Waals surface area contributed by atoms with Crippen LogP contribution < -0.4 is 16.0 Å². The Morgan fingerprint density at radius 2 is 1.87 bits per heavy atom. The third-order valence-corrected chi connectivity index (χ3v) is 8.13. The number of aliphatic hydroxyl groups is 3. The van der Waals surface area contributed by atoms with E-state index < -0.39 is 70.8 Å². The summed E-state index contributed by atoms with van der Waals surface area (Å²) in [5.41, 5.74) is 3.17. The molecule has 0 saturated heterocycles. The zero-order valence-corrected chi connectivity index (χ0v) is 22.6. The number of anilines is 1. The van der Waals surface area contributed by atoms with Crippen LogP contribution in [-0.4, -0.2) is 95.3 Å². The fraction of sp³-hybridized carbons (Fsp3) is 0.519. The van der Waals surface area contributed by atoms with Crippen molar-refractivity contribution in [3.63, 3.8) is 0 Å². The molecule has 3 aliphatic carbocycles. The molecule has 1 fully saturated rings. The Balaban J connectivity index is 1.94. The normalized spacial score (nSPS) is 27.3. The largest absolute Gasteiger partial charge is 0.508 e. The number of benzene rings is 1. The van der Waals surface area contributed by atoms with Gasteiger partial charge in [-0.15, -0.1) is 0 Å². The van der Waals surface area contributed by atoms with E-state index >= 15 is 0 Å². The third kappa shape index (κ3) is 4.17. The summed E-state index contributed by atoms with van der Waals surface area (Å²) in [5, 5.41) is 48.3. The Hall–Kier alpha value is -3.48. The number of nitrogens with two attached hydrogens (primary N) is 1. The maximum absolute atomic E-state index is 14.0. The van der Waals surface area contributed by atoms with Crippen molar-refractivity contribution in [2.45, 2.75) is 44.0 Å². The maximum Gasteiger partial charge on any atom is 0.255 e. The number of ketones is 2. The molecule has 1 aromatic rings. The fourth-order valence-electron chi connectivity index (χ4n) is 6.22. The van der Waals surface area contributed by atoms with Crippen LogP contribution >= 0.6 is 0 Å². The lowest BCUT2D eigenvalue weighted by Crippen LogP contribution is -2.65. The molecule has 39 heavy (non-hydrogen) atoms. The minimum atomic E-state index is -2.69. The number of nitrogens with one attached hydrogen (secondary N) is 1. The molecule has 1 amide bonds. The Morgan fingerprint density at radius 3 is 2.41 bits per heavy atom. The molecule has 7 N–H and O–H groups in total. The van der Waals surface area contributed by atoms with Gasteiger partial charge in [0, 0.05) is 49.4 Å². The lowest BCUT2D eigenvalue weighted by Gasteiger charge is -2.50. The summed E-state index contributed by atoms with van der Waals surface area (Å²) in [7, 11) is 6.67. The van der Waals surface area contributed by atoms with Crippen LogP contribution in [-0.2, 0) is 27.3 Å². The molecule has 12 heteroatoms. The number of Topliss-reactive ketones (excluding diaryl/α,β-unsaturated/α-hetero) is 2. The molecule has 3 aliphatic rings. The van der Waals surface area contributed by atoms with Crippen LogP contribution in [0.1, 0.15) is 30.0 Å². The molecule has 4 rings (SSSR count). The van der Waals surface area contributed by atoms with Crippen LogP contribution in [0, 0.1) is 11.8 Å². The molecule has 11 nitrogen and oxygen atoms in total. The fourth-order valence-corrected chi connectivity index (χ4v) is 6.22. The second-order valence-corrected chi connectivity index (χ2v) is 11.0. The highest BCUT2D eigenvalue weighted by molar-refractivity contribution is 6.24. The molecule has 0 bridgehead atoms. The Labute approximate surface area is 225 Å². The van der Waals surface area contributed by atoms with Crippen LogP contribution in [0.25, 0.3) is 5.76 Å². The van der Waals surface area contributed by atoms with Crippen molar-refractivity contribution in [2.24, 2.45) is 17.6 Å². The van der Waals surface area contributed by atoms with Gasteiger partial charge in [-0.25, -0.2) is 4.39 Å². The molecule has 0 spiro atoms. The number of alkyl halides is 1. The van der Waals surface area contributed by atoms with E-state index in [1.54, 1.807) is 46.1 Å². The van der Waals surface area contributed by atoms with Gasteiger partial charge in [0.05, 0.1) is 11.6 Å². The summed E-state index contributed by atoms with van der Waals surface area (Å²) in [6.45, 7) is 1.09. The molecule has 5 atom stereocenters. The zero-order chi connectivity index (χ0) is 29.1. The number of carbonyl (C=O) groups is 3. The lowest BCUT2D eigenvalue weighted by molar-refractivity contribution is -0.153. The second kappa shape index (κ2) is 9.92. The number of phenols is 1. The van der Waals surface area contributed by atoms with Crippen molar-refractivity contribution in [3.05, 3.63) is 39.7 Å². The van der Waals surface area contributed by atoms with Gasteiger partial charge >= 0.3 is 0 Å². The molecule has 1 saturated carbocycles. The number of fused-ring (bicyclic) bond motifs is 3. The Kier molecular flexibility index (Phi) is 7.26. The number of aliphatic hydroxyl groups excluding tert-OH is 2. The number of rotatable bonds is 7. The number of phenolic OH excluding ortho intramolecular Hbond substituents is 1. The van der Waals surface area contributed by atoms with E-state index in [1.807, 2.05) is 0 Å². The number of nitrogens with zero attached hydrogens (tertiary/aromatic N) is 2. The van der Waals surface area contributed by atoms with Crippen molar-refractivity contribution >= 4 is 28.9 Å². The van der Waals surface area contributed by atoms with E-state index in [0.29, 0.717) is 16.8 Å². The van der Waals surface area contributed by atoms with Gasteiger partial charge in [-0.3, -0.25) is 19.3 Å². The molecule has 0 radical (unpaired) electrons. The first-order chi connectivity index (χ1) is 18.2. The molecule has 1 aromatic carbocycles. The number of amides is 1. The number of carbonyl (C=O) groups excluding carboxylic acids is 3. The summed E-state index contributed by atoms with van der Waals surface area (Å²) in [5.74, 6) is -6.95. The van der Waals surface area contributed by atoms with Crippen LogP contribution in [0.2, 0.25) is 0 Å². The Morgan fingerprint density at radius 1 is 1.23 bits per heavy atom. The van der Waals surface area contributed by atoms with Gasteiger partial charge in [0.2, 0.25) is 5.78 Å². The minimum Gasteiger partial charge on any atom is -0.508 e. The molecule has 212 valence electrons. The molecule has 0 aliphatic heterocycles. The lowest BCUT2D eigenvalue weighted by atomic mass is 9.57. The standard InChI is InChI=1S/C27H35FN4O7/c1-11(9-28)30-10-13-8-16(31(2)3)14-6-12-7-15-20(32(4)5)23(35)19(26(29)38)25(37)27(15,39)24(36)17(12)22(34)18(14)21(13)33/h8,11-12,15,20,30,33-34,37,39H,6-7,9-10H2,1-5H3,(H2,29,38). The van der Waals surface area contributed by atoms with E-state index in [1.165, 1.54) is 4.90 Å². The monoisotopic (exact) mass is 546 g/mol. The highest BCUT2D eigenvalue weighted by Crippen LogP contribution is 2.54. The Bertz CT molecular complexity index is 1320. The number of hydrogen-bond acceptors (Lipinski definition) is 10. The first-order valence-corrected chi connectivity index (χ1v) is 12.7. The maximum atomic E-state index is 14.0. The van der Waals surface area contributed by atoms with Crippen molar-refractivity contribution in [1.82, 2.24) is 10.2 Å². The van der Waals surface area contributed by atoms with Gasteiger partial charge in [0.15, 0.2) is 11.4 Å². The van der Waals surface area contributed by atoms with Crippen LogP contribution in [0.15, 0.2) is 23.0 Å². The quantitative estimate of drug-likeness (QED) is 0.264. The highest BCUT2D eigenvalue weighted by Gasteiger charge is 2.64. The van der Waals surface area contributed by atoms with Gasteiger partial charge in [-0.1, -0.05) is 0 Å². The van der Waals surface area contributed by atoms with Gasteiger partial charge in [-0.2, -0.15) is 0 Å².